The minimum absolute atomic E-state index is 0.288. The lowest BCUT2D eigenvalue weighted by molar-refractivity contribution is 0.592. The Bertz CT molecular complexity index is 2250. The standard InChI is InChI=1S/C47H44N4/c1-7-18-33(8-2)49(34-19-12-9-13-20-34)37-25-27-43-39(29-37)46(3,4)41-31-48-32-42-45(41)51(43)44-28-26-38(30-40(44)47(42,5)6)50(35-21-14-10-15-22-35)36-23-16-11-17-24-36/h7-32H,1-6H3/b18-7-,33-8+. The molecule has 0 saturated heterocycles. The highest BCUT2D eigenvalue weighted by atomic mass is 15.2. The van der Waals surface area contributed by atoms with E-state index >= 15 is 0 Å². The number of benzene rings is 5. The van der Waals surface area contributed by atoms with E-state index in [-0.39, 0.29) is 10.8 Å². The Labute approximate surface area is 302 Å². The van der Waals surface area contributed by atoms with Crippen LogP contribution in [0.15, 0.2) is 164 Å². The quantitative estimate of drug-likeness (QED) is 0.158. The fourth-order valence-corrected chi connectivity index (χ4v) is 8.08. The number of aromatic nitrogens is 1. The van der Waals surface area contributed by atoms with Crippen molar-refractivity contribution in [2.45, 2.75) is 52.4 Å². The molecule has 8 rings (SSSR count). The van der Waals surface area contributed by atoms with Crippen LogP contribution in [0.3, 0.4) is 0 Å². The van der Waals surface area contributed by atoms with Crippen molar-refractivity contribution in [3.63, 3.8) is 0 Å². The van der Waals surface area contributed by atoms with Gasteiger partial charge in [-0.05, 0) is 104 Å². The number of pyridine rings is 1. The lowest BCUT2D eigenvalue weighted by Gasteiger charge is -2.49. The van der Waals surface area contributed by atoms with E-state index < -0.39 is 0 Å². The molecular weight excluding hydrogens is 621 g/mol. The molecule has 0 spiro atoms. The molecule has 4 heteroatoms. The summed E-state index contributed by atoms with van der Waals surface area (Å²) >= 11 is 0. The van der Waals surface area contributed by atoms with Gasteiger partial charge in [0.1, 0.15) is 0 Å². The Morgan fingerprint density at radius 1 is 0.549 bits per heavy atom. The maximum Gasteiger partial charge on any atom is 0.0574 e. The molecule has 3 heterocycles. The van der Waals surface area contributed by atoms with E-state index in [2.05, 4.69) is 214 Å². The third-order valence-corrected chi connectivity index (χ3v) is 10.7. The van der Waals surface area contributed by atoms with Crippen molar-refractivity contribution in [1.29, 1.82) is 0 Å². The van der Waals surface area contributed by atoms with Crippen LogP contribution >= 0.6 is 0 Å². The Morgan fingerprint density at radius 2 is 1.02 bits per heavy atom. The van der Waals surface area contributed by atoms with Gasteiger partial charge in [-0.3, -0.25) is 4.98 Å². The van der Waals surface area contributed by atoms with Crippen molar-refractivity contribution in [3.05, 3.63) is 186 Å². The molecule has 0 amide bonds. The molecule has 0 N–H and O–H groups in total. The highest BCUT2D eigenvalue weighted by Gasteiger charge is 2.46. The number of anilines is 8. The molecule has 0 bridgehead atoms. The first kappa shape index (κ1) is 32.3. The zero-order chi connectivity index (χ0) is 35.3. The summed E-state index contributed by atoms with van der Waals surface area (Å²) in [6.07, 6.45) is 10.6. The van der Waals surface area contributed by atoms with Crippen LogP contribution in [0.5, 0.6) is 0 Å². The second kappa shape index (κ2) is 12.5. The van der Waals surface area contributed by atoms with Gasteiger partial charge in [-0.15, -0.1) is 0 Å². The number of nitrogens with zero attached hydrogens (tertiary/aromatic N) is 4. The summed E-state index contributed by atoms with van der Waals surface area (Å²) in [5.74, 6) is 0. The molecule has 0 saturated carbocycles. The van der Waals surface area contributed by atoms with Crippen molar-refractivity contribution in [2.75, 3.05) is 14.7 Å². The fraction of sp³-hybridized carbons (Fsp3) is 0.170. The van der Waals surface area contributed by atoms with Gasteiger partial charge in [0.25, 0.3) is 0 Å². The number of hydrogen-bond donors (Lipinski definition) is 0. The van der Waals surface area contributed by atoms with Gasteiger partial charge in [-0.25, -0.2) is 0 Å². The monoisotopic (exact) mass is 664 g/mol. The molecule has 6 aromatic rings. The summed E-state index contributed by atoms with van der Waals surface area (Å²) in [4.78, 5) is 12.1. The van der Waals surface area contributed by atoms with Gasteiger partial charge >= 0.3 is 0 Å². The number of allylic oxidation sites excluding steroid dienone is 3. The lowest BCUT2D eigenvalue weighted by atomic mass is 9.67. The van der Waals surface area contributed by atoms with E-state index in [1.54, 1.807) is 0 Å². The zero-order valence-electron chi connectivity index (χ0n) is 30.3. The van der Waals surface area contributed by atoms with Crippen LogP contribution in [0, 0.1) is 0 Å². The molecule has 51 heavy (non-hydrogen) atoms. The van der Waals surface area contributed by atoms with Crippen molar-refractivity contribution in [3.8, 4) is 0 Å². The second-order valence-corrected chi connectivity index (χ2v) is 14.5. The number of hydrogen-bond acceptors (Lipinski definition) is 4. The maximum atomic E-state index is 4.93. The second-order valence-electron chi connectivity index (χ2n) is 14.5. The largest absolute Gasteiger partial charge is 0.311 e. The molecule has 2 aliphatic heterocycles. The Morgan fingerprint density at radius 3 is 1.51 bits per heavy atom. The Kier molecular flexibility index (Phi) is 7.91. The average molecular weight is 665 g/mol. The molecular formula is C47H44N4. The summed E-state index contributed by atoms with van der Waals surface area (Å²) in [5, 5.41) is 0. The third kappa shape index (κ3) is 5.17. The molecule has 4 nitrogen and oxygen atoms in total. The van der Waals surface area contributed by atoms with Crippen molar-refractivity contribution >= 4 is 45.5 Å². The highest BCUT2D eigenvalue weighted by molar-refractivity contribution is 5.94. The van der Waals surface area contributed by atoms with Crippen molar-refractivity contribution in [1.82, 2.24) is 4.98 Å². The molecule has 5 aromatic carbocycles. The smallest absolute Gasteiger partial charge is 0.0574 e. The van der Waals surface area contributed by atoms with Gasteiger partial charge in [0.05, 0.1) is 17.1 Å². The van der Waals surface area contributed by atoms with Crippen LogP contribution < -0.4 is 14.7 Å². The van der Waals surface area contributed by atoms with Gasteiger partial charge in [-0.1, -0.05) is 94.4 Å². The first-order valence-corrected chi connectivity index (χ1v) is 17.9. The summed E-state index contributed by atoms with van der Waals surface area (Å²) in [7, 11) is 0. The normalized spacial score (nSPS) is 15.2. The molecule has 1 aromatic heterocycles. The minimum atomic E-state index is -0.288. The molecule has 0 atom stereocenters. The first-order valence-electron chi connectivity index (χ1n) is 17.9. The van der Waals surface area contributed by atoms with E-state index in [0.717, 1.165) is 34.1 Å². The third-order valence-electron chi connectivity index (χ3n) is 10.7. The Balaban J connectivity index is 1.34. The van der Waals surface area contributed by atoms with Gasteiger partial charge in [0.15, 0.2) is 0 Å². The topological polar surface area (TPSA) is 22.6 Å². The van der Waals surface area contributed by atoms with E-state index in [4.69, 9.17) is 4.98 Å². The number of para-hydroxylation sites is 3. The molecule has 252 valence electrons. The lowest BCUT2D eigenvalue weighted by Crippen LogP contribution is -2.38. The van der Waals surface area contributed by atoms with Crippen LogP contribution in [-0.2, 0) is 10.8 Å². The van der Waals surface area contributed by atoms with Gasteiger partial charge in [0, 0.05) is 68.5 Å². The Hall–Kier alpha value is -5.87. The minimum Gasteiger partial charge on any atom is -0.311 e. The number of rotatable bonds is 7. The van der Waals surface area contributed by atoms with E-state index in [0.29, 0.717) is 0 Å². The molecule has 0 aliphatic carbocycles. The maximum absolute atomic E-state index is 4.93. The summed E-state index contributed by atoms with van der Waals surface area (Å²) in [6, 6.07) is 45.9. The average Bonchev–Trinajstić information content (AvgIpc) is 3.16. The SMILES string of the molecule is C/C=C\C(=C/C)N(c1ccccc1)c1ccc2c(c1)C(C)(C)c1cncc3c1N2c1ccc(N(c2ccccc2)c2ccccc2)cc1C3(C)C. The summed E-state index contributed by atoms with van der Waals surface area (Å²) in [5.41, 5.74) is 14.9. The molecule has 0 fully saturated rings. The fourth-order valence-electron chi connectivity index (χ4n) is 8.08. The summed E-state index contributed by atoms with van der Waals surface area (Å²) < 4.78 is 0. The van der Waals surface area contributed by atoms with Crippen LogP contribution in [0.25, 0.3) is 0 Å². The zero-order valence-corrected chi connectivity index (χ0v) is 30.3. The predicted octanol–water partition coefficient (Wildman–Crippen LogP) is 12.9. The molecule has 2 aliphatic rings. The predicted molar refractivity (Wildman–Crippen MR) is 215 cm³/mol. The van der Waals surface area contributed by atoms with E-state index in [1.807, 2.05) is 0 Å². The summed E-state index contributed by atoms with van der Waals surface area (Å²) in [6.45, 7) is 13.6. The van der Waals surface area contributed by atoms with Crippen LogP contribution in [0.1, 0.15) is 63.8 Å². The first-order chi connectivity index (χ1) is 24.8. The number of fused-ring (bicyclic) bond motifs is 4. The van der Waals surface area contributed by atoms with Crippen molar-refractivity contribution in [2.24, 2.45) is 0 Å². The van der Waals surface area contributed by atoms with E-state index in [1.165, 1.54) is 39.3 Å². The van der Waals surface area contributed by atoms with Crippen LogP contribution in [0.4, 0.5) is 45.5 Å². The highest BCUT2D eigenvalue weighted by Crippen LogP contribution is 2.60. The van der Waals surface area contributed by atoms with Crippen LogP contribution in [0.2, 0.25) is 0 Å². The van der Waals surface area contributed by atoms with Crippen LogP contribution in [-0.4, -0.2) is 4.98 Å². The van der Waals surface area contributed by atoms with E-state index in [9.17, 15) is 0 Å². The van der Waals surface area contributed by atoms with Gasteiger partial charge in [-0.2, -0.15) is 0 Å². The van der Waals surface area contributed by atoms with Gasteiger partial charge < -0.3 is 14.7 Å². The van der Waals surface area contributed by atoms with Crippen molar-refractivity contribution < 1.29 is 0 Å². The molecule has 0 radical (unpaired) electrons. The van der Waals surface area contributed by atoms with Gasteiger partial charge in [0.2, 0.25) is 0 Å². The molecule has 0 unspecified atom stereocenters.